The quantitative estimate of drug-likeness (QED) is 0.208. The van der Waals surface area contributed by atoms with Crippen LogP contribution in [0, 0.1) is 51.2 Å². The monoisotopic (exact) mass is 341 g/mol. The van der Waals surface area contributed by atoms with E-state index in [4.69, 9.17) is 51.2 Å². The van der Waals surface area contributed by atoms with Crippen molar-refractivity contribution >= 4 is 0 Å². The summed E-state index contributed by atoms with van der Waals surface area (Å²) in [4.78, 5) is 32.6. The Morgan fingerprint density at radius 1 is 0.773 bits per heavy atom. The third-order valence-electron chi connectivity index (χ3n) is 0. The first-order valence-corrected chi connectivity index (χ1v) is 1.92. The first-order valence-electron chi connectivity index (χ1n) is 1.92. The fraction of sp³-hybridized carbons (Fsp3) is 1.00. The van der Waals surface area contributed by atoms with E-state index < -0.39 is 5.09 Å². The van der Waals surface area contributed by atoms with Gasteiger partial charge in [-0.2, -0.15) is 0 Å². The number of nitrogens with zero attached hydrogens (tertiary/aromatic N) is 6. The highest BCUT2D eigenvalue weighted by Crippen LogP contribution is 1.44. The smallest absolute Gasteiger partial charge is 0.0689 e. The molecule has 0 atom stereocenters. The molecule has 0 radical (unpaired) electrons. The maximum absolute atomic E-state index is 8.33. The molecule has 0 saturated carbocycles. The van der Waals surface area contributed by atoms with E-state index in [1.165, 1.54) is 0 Å². The SMILES string of the molecule is C.C.C.C.C.C.N.N#N.NN=O.O=N[O-].O=N[O-].O=[N+]([O-])[O-]. The second-order valence-corrected chi connectivity index (χ2v) is 0.478. The molecule has 0 saturated heterocycles. The molecule has 0 amide bonds. The van der Waals surface area contributed by atoms with Crippen LogP contribution < -0.4 is 12.0 Å². The zero-order chi connectivity index (χ0) is 13.7. The van der Waals surface area contributed by atoms with Gasteiger partial charge in [-0.1, -0.05) is 44.6 Å². The molecule has 0 aromatic heterocycles. The predicted octanol–water partition coefficient (Wildman–Crippen LogP) is 3.90. The first kappa shape index (κ1) is 129. The van der Waals surface area contributed by atoms with Crippen molar-refractivity contribution < 1.29 is 5.09 Å². The second kappa shape index (κ2) is 648. The molecule has 0 fully saturated rings. The van der Waals surface area contributed by atoms with Gasteiger partial charge in [0.25, 0.3) is 0 Å². The van der Waals surface area contributed by atoms with Gasteiger partial charge in [0, 0.05) is 16.1 Å². The highest BCUT2D eigenvalue weighted by molar-refractivity contribution is 4.21. The molecule has 0 rings (SSSR count). The molecular weight excluding hydrogens is 312 g/mol. The normalized spacial score (nSPS) is 2.82. The van der Waals surface area contributed by atoms with E-state index in [9.17, 15) is 0 Å². The molecule has 144 valence electrons. The van der Waals surface area contributed by atoms with Crippen LogP contribution in [0.1, 0.15) is 44.6 Å². The van der Waals surface area contributed by atoms with E-state index in [0.717, 1.165) is 10.7 Å². The van der Waals surface area contributed by atoms with E-state index in [1.54, 1.807) is 5.29 Å². The second-order valence-electron chi connectivity index (χ2n) is 0.478. The lowest BCUT2D eigenvalue weighted by molar-refractivity contribution is -0.402. The van der Waals surface area contributed by atoms with Crippen LogP contribution >= 0.6 is 0 Å². The number of hydrogen-bond donors (Lipinski definition) is 2. The van der Waals surface area contributed by atoms with Crippen molar-refractivity contribution in [3.05, 3.63) is 40.5 Å². The Bertz CT molecular complexity index is 152. The lowest BCUT2D eigenvalue weighted by atomic mass is 12.0. The lowest BCUT2D eigenvalue weighted by Crippen LogP contribution is -1.74. The third-order valence-corrected chi connectivity index (χ3v) is 0. The van der Waals surface area contributed by atoms with Gasteiger partial charge in [0.2, 0.25) is 0 Å². The molecule has 0 unspecified atom stereocenters. The molecule has 0 aromatic carbocycles. The predicted molar refractivity (Wildman–Crippen MR) is 87.5 cm³/mol. The fourth-order valence-electron chi connectivity index (χ4n) is 0. The Morgan fingerprint density at radius 3 is 0.773 bits per heavy atom. The summed E-state index contributed by atoms with van der Waals surface area (Å²) in [5.41, 5.74) is 0. The Hall–Kier alpha value is -3.22. The minimum Gasteiger partial charge on any atom is -0.444 e. The minimum absolute atomic E-state index is 0. The Morgan fingerprint density at radius 2 is 0.773 bits per heavy atom. The van der Waals surface area contributed by atoms with Crippen LogP contribution in [0.2, 0.25) is 0 Å². The topological polar surface area (TPSA) is 309 Å². The molecular formula is C6H29N8O8-3. The maximum Gasteiger partial charge on any atom is 0.0689 e. The van der Waals surface area contributed by atoms with Crippen molar-refractivity contribution in [2.24, 2.45) is 21.8 Å². The highest BCUT2D eigenvalue weighted by Gasteiger charge is 1.45. The number of nitrogens with two attached hydrogens (primary N) is 1. The fourth-order valence-corrected chi connectivity index (χ4v) is 0. The van der Waals surface area contributed by atoms with Crippen LogP contribution in [0.4, 0.5) is 0 Å². The average Bonchev–Trinajstić information content (AvgIpc) is 2.09. The van der Waals surface area contributed by atoms with Gasteiger partial charge in [0.05, 0.1) is 5.09 Å². The zero-order valence-corrected chi connectivity index (χ0v) is 7.23. The summed E-state index contributed by atoms with van der Waals surface area (Å²) >= 11 is 0. The van der Waals surface area contributed by atoms with Gasteiger partial charge in [0.1, 0.15) is 0 Å². The van der Waals surface area contributed by atoms with Crippen LogP contribution in [0.3, 0.4) is 0 Å². The summed E-state index contributed by atoms with van der Waals surface area (Å²) in [6, 6.07) is 0. The first-order chi connectivity index (χ1) is 6.97. The van der Waals surface area contributed by atoms with Crippen molar-refractivity contribution in [2.45, 2.75) is 44.6 Å². The van der Waals surface area contributed by atoms with Crippen molar-refractivity contribution in [3.63, 3.8) is 0 Å². The molecule has 0 aliphatic rings. The van der Waals surface area contributed by atoms with Gasteiger partial charge >= 0.3 is 0 Å². The minimum atomic E-state index is -1.75. The summed E-state index contributed by atoms with van der Waals surface area (Å²) in [5.74, 6) is 3.92. The Balaban J connectivity index is -0.00000000532. The largest absolute Gasteiger partial charge is 0.444 e. The van der Waals surface area contributed by atoms with E-state index in [2.05, 4.69) is 5.84 Å². The molecule has 0 aromatic rings. The summed E-state index contributed by atoms with van der Waals surface area (Å²) in [6.45, 7) is 0. The van der Waals surface area contributed by atoms with Crippen LogP contribution in [-0.2, 0) is 0 Å². The molecule has 0 spiro atoms. The van der Waals surface area contributed by atoms with E-state index in [0.29, 0.717) is 0 Å². The Labute approximate surface area is 130 Å². The van der Waals surface area contributed by atoms with Gasteiger partial charge < -0.3 is 41.7 Å². The molecule has 0 bridgehead atoms. The lowest BCUT2D eigenvalue weighted by Gasteiger charge is -1.74. The van der Waals surface area contributed by atoms with E-state index >= 15 is 0 Å². The van der Waals surface area contributed by atoms with Gasteiger partial charge in [-0.3, -0.25) is 5.84 Å². The third kappa shape index (κ3) is 403. The molecule has 16 heteroatoms. The number of hydrogen-bond acceptors (Lipinski definition) is 14. The van der Waals surface area contributed by atoms with Gasteiger partial charge in [-0.15, -0.1) is 15.6 Å². The highest BCUT2D eigenvalue weighted by atomic mass is 16.9. The van der Waals surface area contributed by atoms with Gasteiger partial charge in [0.15, 0.2) is 0 Å². The van der Waals surface area contributed by atoms with Crippen molar-refractivity contribution in [3.8, 4) is 0 Å². The van der Waals surface area contributed by atoms with Crippen LogP contribution in [0.15, 0.2) is 16.0 Å². The van der Waals surface area contributed by atoms with Crippen LogP contribution in [0.5, 0.6) is 0 Å². The molecule has 0 aliphatic heterocycles. The van der Waals surface area contributed by atoms with Gasteiger partial charge in [-0.25, -0.2) is 0 Å². The van der Waals surface area contributed by atoms with E-state index in [-0.39, 0.29) is 50.7 Å². The zero-order valence-electron chi connectivity index (χ0n) is 7.23. The standard InChI is InChI=1S/6CH4.H2N2O.N2.NO3.2HNO2.H3N/c;;;;;;1-2-3;1-2;2-1(3)4;2*2-1-3;/h6*1H4;(H2,1,3);;;2*(H,2,3);1H3/q;;;;;;;;-1;;;/p-2. The summed E-state index contributed by atoms with van der Waals surface area (Å²) in [5, 5.41) is 46.5. The Kier molecular flexibility index (Phi) is 3800. The molecule has 22 heavy (non-hydrogen) atoms. The van der Waals surface area contributed by atoms with Crippen molar-refractivity contribution in [1.29, 1.82) is 10.8 Å². The number of nitroso groups, excluding NO2 is 1. The van der Waals surface area contributed by atoms with Gasteiger partial charge in [-0.05, 0) is 0 Å². The van der Waals surface area contributed by atoms with Crippen LogP contribution in [-0.4, -0.2) is 5.09 Å². The van der Waals surface area contributed by atoms with Crippen LogP contribution in [0.25, 0.3) is 0 Å². The maximum atomic E-state index is 8.33. The average molecular weight is 341 g/mol. The summed E-state index contributed by atoms with van der Waals surface area (Å²) in [6.07, 6.45) is 0. The van der Waals surface area contributed by atoms with Crippen molar-refractivity contribution in [1.82, 2.24) is 6.15 Å². The molecule has 0 aliphatic carbocycles. The van der Waals surface area contributed by atoms with E-state index in [1.807, 2.05) is 0 Å². The number of rotatable bonds is 0. The van der Waals surface area contributed by atoms with Crippen molar-refractivity contribution in [2.75, 3.05) is 0 Å². The molecule has 0 heterocycles. The molecule has 16 nitrogen and oxygen atoms in total. The summed E-state index contributed by atoms with van der Waals surface area (Å²) < 4.78 is 0. The molecule has 5 N–H and O–H groups in total. The summed E-state index contributed by atoms with van der Waals surface area (Å²) in [7, 11) is 0.